The number of hydrogen-bond acceptors (Lipinski definition) is 0. The Labute approximate surface area is 179 Å². The molecular weight excluding hydrogens is 455 g/mol. The maximum atomic E-state index is 6.35. The van der Waals surface area contributed by atoms with Crippen molar-refractivity contribution in [1.29, 1.82) is 0 Å². The van der Waals surface area contributed by atoms with Crippen molar-refractivity contribution in [1.82, 2.24) is 0 Å². The highest BCUT2D eigenvalue weighted by molar-refractivity contribution is 14.1. The van der Waals surface area contributed by atoms with Crippen LogP contribution < -0.4 is 0 Å². The third-order valence-electron chi connectivity index (χ3n) is 5.15. The number of hydrogen-bond donors (Lipinski definition) is 0. The van der Waals surface area contributed by atoms with Crippen molar-refractivity contribution >= 4 is 41.1 Å². The van der Waals surface area contributed by atoms with Crippen molar-refractivity contribution in [3.63, 3.8) is 0 Å². The lowest BCUT2D eigenvalue weighted by atomic mass is 10.0. The summed E-state index contributed by atoms with van der Waals surface area (Å²) in [7, 11) is -1.30. The Morgan fingerprint density at radius 1 is 0.480 bits per heavy atom. The molecule has 25 heavy (non-hydrogen) atoms. The van der Waals surface area contributed by atoms with Crippen LogP contribution in [0.25, 0.3) is 0 Å². The van der Waals surface area contributed by atoms with Gasteiger partial charge in [-0.05, 0) is 16.9 Å². The van der Waals surface area contributed by atoms with Crippen LogP contribution in [0.1, 0.15) is 116 Å². The normalized spacial score (nSPS) is 12.0. The molecule has 0 aromatic carbocycles. The van der Waals surface area contributed by atoms with Gasteiger partial charge in [-0.1, -0.05) is 145 Å². The molecule has 3 heteroatoms. The van der Waals surface area contributed by atoms with E-state index >= 15 is 0 Å². The molecule has 0 saturated heterocycles. The van der Waals surface area contributed by atoms with Gasteiger partial charge in [-0.3, -0.25) is 0 Å². The van der Waals surface area contributed by atoms with Gasteiger partial charge in [-0.2, -0.15) is 11.1 Å². The lowest BCUT2D eigenvalue weighted by Crippen LogP contribution is -2.14. The molecule has 0 unspecified atom stereocenters. The van der Waals surface area contributed by atoms with Gasteiger partial charge >= 0.3 is 0 Å². The van der Waals surface area contributed by atoms with E-state index < -0.39 is 7.38 Å². The minimum Gasteiger partial charge on any atom is -0.168 e. The fourth-order valence-corrected chi connectivity index (χ4v) is 5.50. The van der Waals surface area contributed by atoms with Crippen molar-refractivity contribution in [2.45, 2.75) is 135 Å². The Morgan fingerprint density at radius 2 is 0.720 bits per heavy atom. The molecule has 0 aromatic rings. The van der Waals surface area contributed by atoms with E-state index in [4.69, 9.17) is 11.1 Å². The summed E-state index contributed by atoms with van der Waals surface area (Å²) in [6.45, 7) is 4.53. The molecule has 152 valence electrons. The number of rotatable bonds is 20. The minimum atomic E-state index is -1.30. The van der Waals surface area contributed by atoms with Crippen LogP contribution in [0, 0.1) is 0 Å². The zero-order chi connectivity index (χ0) is 18.6. The van der Waals surface area contributed by atoms with Gasteiger partial charge in [0, 0.05) is 0 Å². The first-order valence-electron chi connectivity index (χ1n) is 11.3. The molecule has 0 nitrogen and oxygen atoms in total. The number of unbranched alkanes of at least 4 members (excludes halogenated alkanes) is 17. The summed E-state index contributed by atoms with van der Waals surface area (Å²) in [6.07, 6.45) is 26.2. The first kappa shape index (κ1) is 26.2. The summed E-state index contributed by atoms with van der Waals surface area (Å²) < 4.78 is 1.34. The van der Waals surface area contributed by atoms with E-state index in [0.29, 0.717) is 0 Å². The fourth-order valence-electron chi connectivity index (χ4n) is 3.47. The number of halogens is 2. The summed E-state index contributed by atoms with van der Waals surface area (Å²) in [6, 6.07) is 1.30. The highest BCUT2D eigenvalue weighted by Crippen LogP contribution is 2.19. The number of alkyl halides is 1. The first-order chi connectivity index (χ1) is 12.1. The van der Waals surface area contributed by atoms with Gasteiger partial charge in [0.05, 0.1) is 0 Å². The smallest absolute Gasteiger partial charge is 0.150 e. The zero-order valence-corrected chi connectivity index (χ0v) is 21.3. The van der Waals surface area contributed by atoms with Gasteiger partial charge in [-0.25, -0.2) is 0 Å². The fraction of sp³-hybridized carbons (Fsp3) is 1.00. The summed E-state index contributed by atoms with van der Waals surface area (Å²) >= 11 is 8.84. The molecule has 0 aromatic heterocycles. The molecule has 0 fully saturated rings. The second-order valence-electron chi connectivity index (χ2n) is 8.52. The van der Waals surface area contributed by atoms with Crippen LogP contribution in [0.5, 0.6) is 0 Å². The predicted octanol–water partition coefficient (Wildman–Crippen LogP) is 9.89. The second kappa shape index (κ2) is 20.0. The summed E-state index contributed by atoms with van der Waals surface area (Å²) in [4.78, 5) is 0. The third-order valence-corrected chi connectivity index (χ3v) is 8.03. The maximum absolute atomic E-state index is 6.35. The SMILES string of the molecule is C[Si](C)(Cl)CCCCCCCCCCCCCCCCCCCCI. The van der Waals surface area contributed by atoms with E-state index in [9.17, 15) is 0 Å². The summed E-state index contributed by atoms with van der Waals surface area (Å²) in [5, 5.41) is 0. The molecule has 0 aliphatic heterocycles. The van der Waals surface area contributed by atoms with Crippen LogP contribution in [0.15, 0.2) is 0 Å². The van der Waals surface area contributed by atoms with Crippen molar-refractivity contribution in [2.24, 2.45) is 0 Å². The average molecular weight is 501 g/mol. The highest BCUT2D eigenvalue weighted by Gasteiger charge is 2.15. The van der Waals surface area contributed by atoms with Crippen LogP contribution in [0.4, 0.5) is 0 Å². The second-order valence-corrected chi connectivity index (χ2v) is 16.6. The van der Waals surface area contributed by atoms with E-state index in [1.165, 1.54) is 126 Å². The monoisotopic (exact) mass is 500 g/mol. The Morgan fingerprint density at radius 3 is 0.960 bits per heavy atom. The van der Waals surface area contributed by atoms with Crippen LogP contribution in [0.2, 0.25) is 19.1 Å². The molecule has 0 saturated carbocycles. The summed E-state index contributed by atoms with van der Waals surface area (Å²) in [5.74, 6) is 0. The molecule has 0 radical (unpaired) electrons. The van der Waals surface area contributed by atoms with Crippen LogP contribution in [-0.4, -0.2) is 11.8 Å². The van der Waals surface area contributed by atoms with E-state index in [0.717, 1.165) is 0 Å². The molecule has 0 N–H and O–H groups in total. The lowest BCUT2D eigenvalue weighted by Gasteiger charge is -2.11. The molecule has 0 aliphatic rings. The van der Waals surface area contributed by atoms with Crippen LogP contribution in [0.3, 0.4) is 0 Å². The quantitative estimate of drug-likeness (QED) is 0.0512. The highest BCUT2D eigenvalue weighted by atomic mass is 127. The largest absolute Gasteiger partial charge is 0.168 e. The molecule has 0 heterocycles. The van der Waals surface area contributed by atoms with Crippen molar-refractivity contribution in [3.05, 3.63) is 0 Å². The predicted molar refractivity (Wildman–Crippen MR) is 130 cm³/mol. The van der Waals surface area contributed by atoms with Crippen LogP contribution in [-0.2, 0) is 0 Å². The Balaban J connectivity index is 3.01. The maximum Gasteiger partial charge on any atom is 0.150 e. The standard InChI is InChI=1S/C22H46ClISi/c1-25(2,23)22-20-18-16-14-12-10-8-6-4-3-5-7-9-11-13-15-17-19-21-24/h3-22H2,1-2H3. The Hall–Kier alpha value is 1.24. The van der Waals surface area contributed by atoms with Gasteiger partial charge in [-0.15, -0.1) is 0 Å². The van der Waals surface area contributed by atoms with Crippen molar-refractivity contribution in [2.75, 3.05) is 4.43 Å². The van der Waals surface area contributed by atoms with Gasteiger partial charge in [0.15, 0.2) is 0 Å². The first-order valence-corrected chi connectivity index (χ1v) is 17.1. The van der Waals surface area contributed by atoms with E-state index in [1.54, 1.807) is 0 Å². The van der Waals surface area contributed by atoms with Gasteiger partial charge in [0.2, 0.25) is 0 Å². The van der Waals surface area contributed by atoms with Crippen molar-refractivity contribution in [3.8, 4) is 0 Å². The van der Waals surface area contributed by atoms with Gasteiger partial charge in [0.25, 0.3) is 0 Å². The van der Waals surface area contributed by atoms with E-state index in [1.807, 2.05) is 0 Å². The molecular formula is C22H46ClISi. The summed E-state index contributed by atoms with van der Waals surface area (Å²) in [5.41, 5.74) is 0. The lowest BCUT2D eigenvalue weighted by molar-refractivity contribution is 0.527. The molecule has 0 spiro atoms. The van der Waals surface area contributed by atoms with Gasteiger partial charge in [0.1, 0.15) is 7.38 Å². The van der Waals surface area contributed by atoms with E-state index in [-0.39, 0.29) is 0 Å². The van der Waals surface area contributed by atoms with E-state index in [2.05, 4.69) is 35.7 Å². The molecule has 0 atom stereocenters. The molecule has 0 rings (SSSR count). The van der Waals surface area contributed by atoms with Gasteiger partial charge < -0.3 is 0 Å². The van der Waals surface area contributed by atoms with Crippen molar-refractivity contribution < 1.29 is 0 Å². The molecule has 0 aliphatic carbocycles. The minimum absolute atomic E-state index is 1.30. The zero-order valence-electron chi connectivity index (χ0n) is 17.4. The average Bonchev–Trinajstić information content (AvgIpc) is 2.56. The topological polar surface area (TPSA) is 0 Å². The Kier molecular flexibility index (Phi) is 21.0. The Bertz CT molecular complexity index is 253. The molecule has 0 amide bonds. The third kappa shape index (κ3) is 25.2. The van der Waals surface area contributed by atoms with Crippen LogP contribution >= 0.6 is 33.7 Å². The molecule has 0 bridgehead atoms.